The average molecular weight is 481 g/mol. The Morgan fingerprint density at radius 2 is 2.00 bits per heavy atom. The number of thiophene rings is 1. The van der Waals surface area contributed by atoms with Crippen molar-refractivity contribution in [2.45, 2.75) is 25.3 Å². The van der Waals surface area contributed by atoms with Gasteiger partial charge in [0, 0.05) is 17.4 Å². The molecule has 0 radical (unpaired) electrons. The molecule has 3 N–H and O–H groups in total. The first-order chi connectivity index (χ1) is 14.9. The van der Waals surface area contributed by atoms with Crippen molar-refractivity contribution in [1.29, 1.82) is 0 Å². The minimum Gasteiger partial charge on any atom is -0.473 e. The van der Waals surface area contributed by atoms with Gasteiger partial charge in [0.25, 0.3) is 0 Å². The topological polar surface area (TPSA) is 117 Å². The third-order valence-corrected chi connectivity index (χ3v) is 6.04. The first-order valence-corrected chi connectivity index (χ1v) is 10.8. The first kappa shape index (κ1) is 22.8. The molecule has 2 aromatic heterocycles. The number of nitrogens with zero attached hydrogens (tertiary/aromatic N) is 3. The summed E-state index contributed by atoms with van der Waals surface area (Å²) in [5.41, 5.74) is 6.25. The molecule has 1 aromatic carbocycles. The summed E-state index contributed by atoms with van der Waals surface area (Å²) in [5.74, 6) is -3.65. The Morgan fingerprint density at radius 3 is 2.65 bits per heavy atom. The Balaban J connectivity index is 0.000000401. The molecule has 1 unspecified atom stereocenters. The lowest BCUT2D eigenvalue weighted by Gasteiger charge is -2.18. The number of hydrogen-bond acceptors (Lipinski definition) is 6. The molecule has 2 heterocycles. The van der Waals surface area contributed by atoms with Crippen LogP contribution in [0.1, 0.15) is 29.3 Å². The van der Waals surface area contributed by atoms with Crippen LogP contribution in [0.25, 0.3) is 0 Å². The normalized spacial score (nSPS) is 16.6. The number of imidazole rings is 1. The maximum atomic E-state index is 9.10. The quantitative estimate of drug-likeness (QED) is 0.281. The Labute approximate surface area is 191 Å². The predicted molar refractivity (Wildman–Crippen MR) is 120 cm³/mol. The summed E-state index contributed by atoms with van der Waals surface area (Å²) in [5, 5.41) is 22.8. The van der Waals surface area contributed by atoms with Crippen LogP contribution in [0.5, 0.6) is 0 Å². The highest BCUT2D eigenvalue weighted by Gasteiger charge is 2.26. The number of benzene rings is 1. The maximum absolute atomic E-state index is 9.10. The van der Waals surface area contributed by atoms with Crippen molar-refractivity contribution in [3.8, 4) is 0 Å². The van der Waals surface area contributed by atoms with Crippen LogP contribution >= 0.6 is 34.5 Å². The first-order valence-electron chi connectivity index (χ1n) is 9.16. The summed E-state index contributed by atoms with van der Waals surface area (Å²) in [6.07, 6.45) is 8.87. The number of fused-ring (bicyclic) bond motifs is 1. The van der Waals surface area contributed by atoms with E-state index in [1.54, 1.807) is 29.7 Å². The predicted octanol–water partition coefficient (Wildman–Crippen LogP) is 4.80. The second-order valence-electron chi connectivity index (χ2n) is 6.54. The number of hydrazone groups is 1. The van der Waals surface area contributed by atoms with E-state index in [1.807, 2.05) is 18.6 Å². The van der Waals surface area contributed by atoms with Crippen LogP contribution in [0.2, 0.25) is 10.0 Å². The van der Waals surface area contributed by atoms with Gasteiger partial charge in [0.1, 0.15) is 5.71 Å². The van der Waals surface area contributed by atoms with Gasteiger partial charge in [-0.05, 0) is 54.5 Å². The van der Waals surface area contributed by atoms with Crippen molar-refractivity contribution >= 4 is 57.9 Å². The van der Waals surface area contributed by atoms with Crippen LogP contribution in [0.3, 0.4) is 0 Å². The fourth-order valence-electron chi connectivity index (χ4n) is 3.10. The van der Waals surface area contributed by atoms with Gasteiger partial charge in [-0.15, -0.1) is 11.3 Å². The second kappa shape index (κ2) is 10.4. The lowest BCUT2D eigenvalue weighted by molar-refractivity contribution is -0.159. The molecule has 1 aliphatic rings. The summed E-state index contributed by atoms with van der Waals surface area (Å²) in [4.78, 5) is 23.6. The Hall–Kier alpha value is -2.88. The molecule has 31 heavy (non-hydrogen) atoms. The molecule has 0 aliphatic heterocycles. The number of aryl methyl sites for hydroxylation is 1. The van der Waals surface area contributed by atoms with Gasteiger partial charge >= 0.3 is 11.9 Å². The number of nitrogens with one attached hydrogen (secondary N) is 1. The minimum atomic E-state index is -1.82. The zero-order chi connectivity index (χ0) is 22.4. The molecule has 1 aliphatic carbocycles. The maximum Gasteiger partial charge on any atom is 0.414 e. The van der Waals surface area contributed by atoms with E-state index in [9.17, 15) is 0 Å². The third-order valence-electron chi connectivity index (χ3n) is 4.51. The van der Waals surface area contributed by atoms with Gasteiger partial charge in [-0.25, -0.2) is 14.6 Å². The Bertz CT molecular complexity index is 1090. The zero-order valence-electron chi connectivity index (χ0n) is 16.0. The van der Waals surface area contributed by atoms with Crippen molar-refractivity contribution in [1.82, 2.24) is 9.55 Å². The zero-order valence-corrected chi connectivity index (χ0v) is 18.4. The highest BCUT2D eigenvalue weighted by Crippen LogP contribution is 2.32. The number of rotatable bonds is 3. The van der Waals surface area contributed by atoms with Gasteiger partial charge in [-0.1, -0.05) is 23.2 Å². The number of carboxylic acids is 2. The van der Waals surface area contributed by atoms with E-state index >= 15 is 0 Å². The molecule has 0 fully saturated rings. The van der Waals surface area contributed by atoms with Crippen molar-refractivity contribution in [3.05, 3.63) is 68.9 Å². The number of carboxylic acid groups (broad SMARTS) is 2. The lowest BCUT2D eigenvalue weighted by Crippen LogP contribution is -2.19. The summed E-state index contributed by atoms with van der Waals surface area (Å²) >= 11 is 14.0. The molecule has 162 valence electrons. The summed E-state index contributed by atoms with van der Waals surface area (Å²) < 4.78 is 2.12. The highest BCUT2D eigenvalue weighted by molar-refractivity contribution is 7.12. The van der Waals surface area contributed by atoms with Gasteiger partial charge in [0.2, 0.25) is 0 Å². The van der Waals surface area contributed by atoms with E-state index in [0.29, 0.717) is 10.0 Å². The number of aliphatic carboxylic acids is 2. The molecule has 11 heteroatoms. The highest BCUT2D eigenvalue weighted by atomic mass is 35.5. The molecule has 8 nitrogen and oxygen atoms in total. The molecule has 0 spiro atoms. The van der Waals surface area contributed by atoms with Crippen LogP contribution in [-0.4, -0.2) is 37.4 Å². The molecule has 4 rings (SSSR count). The Morgan fingerprint density at radius 1 is 1.23 bits per heavy atom. The van der Waals surface area contributed by atoms with Crippen molar-refractivity contribution < 1.29 is 19.8 Å². The van der Waals surface area contributed by atoms with Crippen molar-refractivity contribution in [3.63, 3.8) is 0 Å². The molecular weight excluding hydrogens is 463 g/mol. The number of anilines is 1. The van der Waals surface area contributed by atoms with Crippen molar-refractivity contribution in [2.75, 3.05) is 5.43 Å². The number of hydrogen-bond donors (Lipinski definition) is 3. The van der Waals surface area contributed by atoms with Crippen LogP contribution in [0, 0.1) is 0 Å². The van der Waals surface area contributed by atoms with Gasteiger partial charge in [0.15, 0.2) is 0 Å². The van der Waals surface area contributed by atoms with Gasteiger partial charge in [0.05, 0.1) is 28.0 Å². The number of carbonyl (C=O) groups is 2. The molecule has 0 amide bonds. The fourth-order valence-corrected chi connectivity index (χ4v) is 4.54. The van der Waals surface area contributed by atoms with Crippen LogP contribution in [0.15, 0.2) is 53.5 Å². The van der Waals surface area contributed by atoms with Gasteiger partial charge in [-0.2, -0.15) is 5.10 Å². The van der Waals surface area contributed by atoms with Gasteiger partial charge < -0.3 is 14.8 Å². The van der Waals surface area contributed by atoms with Gasteiger partial charge in [-0.3, -0.25) is 5.43 Å². The summed E-state index contributed by atoms with van der Waals surface area (Å²) in [6.45, 7) is 0. The Kier molecular flexibility index (Phi) is 7.67. The standard InChI is InChI=1S/C18H16Cl2N4S.C2H2O4/c19-13-4-5-15(14(20)10-13)22-23-17-16(24-8-7-21-11-24)3-1-2-12-6-9-25-18(12)17;3-1(4)2(5)6/h4-11,16,22H,1-3H2;(H,3,4)(H,5,6). The minimum absolute atomic E-state index is 0.154. The lowest BCUT2D eigenvalue weighted by atomic mass is 10.1. The van der Waals surface area contributed by atoms with Crippen LogP contribution in [-0.2, 0) is 16.0 Å². The van der Waals surface area contributed by atoms with E-state index in [0.717, 1.165) is 30.7 Å². The van der Waals surface area contributed by atoms with E-state index in [2.05, 4.69) is 26.4 Å². The molecule has 0 saturated carbocycles. The smallest absolute Gasteiger partial charge is 0.414 e. The molecule has 0 saturated heterocycles. The third kappa shape index (κ3) is 5.84. The largest absolute Gasteiger partial charge is 0.473 e. The van der Waals surface area contributed by atoms with E-state index < -0.39 is 11.9 Å². The monoisotopic (exact) mass is 480 g/mol. The van der Waals surface area contributed by atoms with Crippen molar-refractivity contribution in [2.24, 2.45) is 5.10 Å². The average Bonchev–Trinajstić information content (AvgIpc) is 3.38. The van der Waals surface area contributed by atoms with Crippen LogP contribution < -0.4 is 5.43 Å². The van der Waals surface area contributed by atoms with Crippen LogP contribution in [0.4, 0.5) is 5.69 Å². The SMILES string of the molecule is Clc1ccc(NN=C2c3sccc3CCCC2n2ccnc2)c(Cl)c1.O=C(O)C(=O)O. The second-order valence-corrected chi connectivity index (χ2v) is 8.30. The van der Waals surface area contributed by atoms with E-state index in [1.165, 1.54) is 10.4 Å². The molecule has 0 bridgehead atoms. The molecular formula is C20H18Cl2N4O4S. The van der Waals surface area contributed by atoms with E-state index in [-0.39, 0.29) is 6.04 Å². The molecule has 3 aromatic rings. The molecule has 1 atom stereocenters. The van der Waals surface area contributed by atoms with E-state index in [4.69, 9.17) is 48.1 Å². The number of aromatic nitrogens is 2. The fraction of sp³-hybridized carbons (Fsp3) is 0.200. The summed E-state index contributed by atoms with van der Waals surface area (Å²) in [6, 6.07) is 7.70. The number of halogens is 2. The summed E-state index contributed by atoms with van der Waals surface area (Å²) in [7, 11) is 0.